The predicted molar refractivity (Wildman–Crippen MR) is 203 cm³/mol. The molecule has 4 aromatic rings. The van der Waals surface area contributed by atoms with Gasteiger partial charge in [0.05, 0.1) is 38.8 Å². The molecule has 1 aliphatic carbocycles. The standard InChI is InChI=1S/C39H50FN5O5S2/c1-25(2)23-45(52(49,50)30-15-16-31-34(21-30)51-26(3)42-31)24-33(46)32(19-27-11-8-7-9-12-27)43-37(48)36(38(4,5)6)44-35(47)22-41-39(17-18-39)28-13-10-14-29(40)20-28/h7-16,20-21,25,32-33,36,41,46H,17-19,22-24H2,1-6H3,(H,43,48)(H,44,47). The Kier molecular flexibility index (Phi) is 12.2. The largest absolute Gasteiger partial charge is 0.390 e. The van der Waals surface area contributed by atoms with Crippen molar-refractivity contribution in [2.45, 2.75) is 89.4 Å². The molecule has 280 valence electrons. The molecule has 1 saturated carbocycles. The van der Waals surface area contributed by atoms with E-state index < -0.39 is 51.0 Å². The Bertz CT molecular complexity index is 1980. The van der Waals surface area contributed by atoms with E-state index in [1.807, 2.05) is 77.9 Å². The van der Waals surface area contributed by atoms with Crippen molar-refractivity contribution < 1.29 is 27.5 Å². The van der Waals surface area contributed by atoms with E-state index in [4.69, 9.17) is 0 Å². The maximum absolute atomic E-state index is 14.1. The van der Waals surface area contributed by atoms with Gasteiger partial charge in [0.25, 0.3) is 0 Å². The normalized spacial score (nSPS) is 16.1. The fourth-order valence-corrected chi connectivity index (χ4v) is 8.97. The molecule has 10 nitrogen and oxygen atoms in total. The zero-order valence-corrected chi connectivity index (χ0v) is 32.3. The molecule has 0 spiro atoms. The summed E-state index contributed by atoms with van der Waals surface area (Å²) in [6, 6.07) is 18.6. The third kappa shape index (κ3) is 9.81. The molecule has 0 bridgehead atoms. The number of aliphatic hydroxyl groups excluding tert-OH is 1. The number of fused-ring (bicyclic) bond motifs is 1. The van der Waals surface area contributed by atoms with Crippen LogP contribution in [0.4, 0.5) is 4.39 Å². The van der Waals surface area contributed by atoms with E-state index in [-0.39, 0.29) is 42.7 Å². The summed E-state index contributed by atoms with van der Waals surface area (Å²) in [6.07, 6.45) is 0.438. The summed E-state index contributed by atoms with van der Waals surface area (Å²) in [5, 5.41) is 21.8. The summed E-state index contributed by atoms with van der Waals surface area (Å²) in [5.74, 6) is -1.30. The van der Waals surface area contributed by atoms with Gasteiger partial charge in [-0.25, -0.2) is 17.8 Å². The van der Waals surface area contributed by atoms with Crippen LogP contribution in [-0.2, 0) is 31.6 Å². The second-order valence-corrected chi connectivity index (χ2v) is 18.4. The molecule has 1 heterocycles. The zero-order chi connectivity index (χ0) is 37.8. The highest BCUT2D eigenvalue weighted by Gasteiger charge is 2.45. The van der Waals surface area contributed by atoms with Gasteiger partial charge in [-0.15, -0.1) is 11.3 Å². The van der Waals surface area contributed by atoms with Gasteiger partial charge in [0.1, 0.15) is 11.9 Å². The minimum Gasteiger partial charge on any atom is -0.390 e. The lowest BCUT2D eigenvalue weighted by Crippen LogP contribution is -2.59. The monoisotopic (exact) mass is 751 g/mol. The molecule has 1 aromatic heterocycles. The van der Waals surface area contributed by atoms with Crippen molar-refractivity contribution in [3.8, 4) is 0 Å². The fraction of sp³-hybridized carbons (Fsp3) is 0.462. The highest BCUT2D eigenvalue weighted by Crippen LogP contribution is 2.45. The van der Waals surface area contributed by atoms with Crippen molar-refractivity contribution in [1.29, 1.82) is 0 Å². The minimum atomic E-state index is -4.04. The van der Waals surface area contributed by atoms with Crippen molar-refractivity contribution in [3.63, 3.8) is 0 Å². The topological polar surface area (TPSA) is 141 Å². The van der Waals surface area contributed by atoms with Gasteiger partial charge in [0, 0.05) is 18.6 Å². The first-order valence-corrected chi connectivity index (χ1v) is 19.9. The molecule has 1 aliphatic rings. The van der Waals surface area contributed by atoms with Gasteiger partial charge in [-0.05, 0) is 79.0 Å². The Morgan fingerprint density at radius 1 is 1.00 bits per heavy atom. The molecule has 3 aromatic carbocycles. The molecule has 5 rings (SSSR count). The first-order valence-electron chi connectivity index (χ1n) is 17.7. The van der Waals surface area contributed by atoms with Crippen LogP contribution in [-0.4, -0.2) is 72.4 Å². The lowest BCUT2D eigenvalue weighted by Gasteiger charge is -2.34. The Morgan fingerprint density at radius 3 is 2.35 bits per heavy atom. The first-order chi connectivity index (χ1) is 24.5. The van der Waals surface area contributed by atoms with Crippen LogP contribution >= 0.6 is 11.3 Å². The van der Waals surface area contributed by atoms with Gasteiger partial charge in [0.15, 0.2) is 0 Å². The highest BCUT2D eigenvalue weighted by molar-refractivity contribution is 7.89. The summed E-state index contributed by atoms with van der Waals surface area (Å²) in [5.41, 5.74) is 1.12. The number of aryl methyl sites for hydroxylation is 1. The maximum Gasteiger partial charge on any atom is 0.243 e. The van der Waals surface area contributed by atoms with Crippen LogP contribution in [0.15, 0.2) is 77.7 Å². The number of aromatic nitrogens is 1. The van der Waals surface area contributed by atoms with E-state index in [2.05, 4.69) is 20.9 Å². The Balaban J connectivity index is 1.34. The molecular formula is C39H50FN5O5S2. The summed E-state index contributed by atoms with van der Waals surface area (Å²) >= 11 is 1.41. The van der Waals surface area contributed by atoms with Crippen LogP contribution in [0.2, 0.25) is 0 Å². The third-order valence-corrected chi connectivity index (χ3v) is 12.1. The van der Waals surface area contributed by atoms with Crippen molar-refractivity contribution in [2.75, 3.05) is 19.6 Å². The number of nitrogens with one attached hydrogen (secondary N) is 3. The lowest BCUT2D eigenvalue weighted by atomic mass is 9.85. The Hall–Kier alpha value is -3.75. The number of amides is 2. The van der Waals surface area contributed by atoms with Crippen molar-refractivity contribution in [2.24, 2.45) is 11.3 Å². The van der Waals surface area contributed by atoms with Crippen LogP contribution < -0.4 is 16.0 Å². The summed E-state index contributed by atoms with van der Waals surface area (Å²) in [4.78, 5) is 31.9. The van der Waals surface area contributed by atoms with E-state index >= 15 is 0 Å². The highest BCUT2D eigenvalue weighted by atomic mass is 32.2. The average Bonchev–Trinajstić information content (AvgIpc) is 3.78. The number of halogens is 1. The average molecular weight is 752 g/mol. The van der Waals surface area contributed by atoms with Gasteiger partial charge >= 0.3 is 0 Å². The molecule has 0 radical (unpaired) electrons. The van der Waals surface area contributed by atoms with Crippen LogP contribution in [0.3, 0.4) is 0 Å². The molecular weight excluding hydrogens is 702 g/mol. The quantitative estimate of drug-likeness (QED) is 0.122. The Morgan fingerprint density at radius 2 is 1.71 bits per heavy atom. The van der Waals surface area contributed by atoms with E-state index in [0.717, 1.165) is 39.2 Å². The van der Waals surface area contributed by atoms with Crippen LogP contribution in [0.25, 0.3) is 10.2 Å². The first kappa shape index (κ1) is 39.5. The van der Waals surface area contributed by atoms with Crippen LogP contribution in [0, 0.1) is 24.1 Å². The number of sulfonamides is 1. The molecule has 0 saturated heterocycles. The molecule has 0 aliphatic heterocycles. The fourth-order valence-electron chi connectivity index (χ4n) is 6.38. The van der Waals surface area contributed by atoms with Crippen LogP contribution in [0.5, 0.6) is 0 Å². The molecule has 4 N–H and O–H groups in total. The number of hydrogen-bond donors (Lipinski definition) is 4. The van der Waals surface area contributed by atoms with Crippen LogP contribution in [0.1, 0.15) is 63.6 Å². The minimum absolute atomic E-state index is 0.0525. The molecule has 52 heavy (non-hydrogen) atoms. The Labute approximate surface area is 310 Å². The number of benzene rings is 3. The number of aliphatic hydroxyl groups is 1. The number of nitrogens with zero attached hydrogens (tertiary/aromatic N) is 2. The van der Waals surface area contributed by atoms with E-state index in [1.165, 1.54) is 33.8 Å². The third-order valence-electron chi connectivity index (χ3n) is 9.30. The zero-order valence-electron chi connectivity index (χ0n) is 30.6. The van der Waals surface area contributed by atoms with E-state index in [9.17, 15) is 27.5 Å². The second kappa shape index (κ2) is 16.1. The van der Waals surface area contributed by atoms with Gasteiger partial charge in [-0.3, -0.25) is 14.9 Å². The molecule has 1 fully saturated rings. The van der Waals surface area contributed by atoms with Gasteiger partial charge in [-0.1, -0.05) is 77.1 Å². The van der Waals surface area contributed by atoms with Crippen molar-refractivity contribution >= 4 is 43.4 Å². The van der Waals surface area contributed by atoms with Gasteiger partial charge in [0.2, 0.25) is 21.8 Å². The summed E-state index contributed by atoms with van der Waals surface area (Å²) < 4.78 is 44.2. The molecule has 3 unspecified atom stereocenters. The van der Waals surface area contributed by atoms with Gasteiger partial charge < -0.3 is 15.7 Å². The molecule has 13 heteroatoms. The number of rotatable bonds is 16. The second-order valence-electron chi connectivity index (χ2n) is 15.3. The number of carbonyl (C=O) groups is 2. The van der Waals surface area contributed by atoms with E-state index in [0.29, 0.717) is 0 Å². The lowest BCUT2D eigenvalue weighted by molar-refractivity contribution is -0.132. The molecule has 3 atom stereocenters. The van der Waals surface area contributed by atoms with E-state index in [1.54, 1.807) is 18.2 Å². The number of thiazole rings is 1. The summed E-state index contributed by atoms with van der Waals surface area (Å²) in [6.45, 7) is 11.0. The van der Waals surface area contributed by atoms with Gasteiger partial charge in [-0.2, -0.15) is 4.31 Å². The molecule has 2 amide bonds. The summed E-state index contributed by atoms with van der Waals surface area (Å²) in [7, 11) is -4.04. The maximum atomic E-state index is 14.1. The van der Waals surface area contributed by atoms with Crippen molar-refractivity contribution in [1.82, 2.24) is 25.2 Å². The predicted octanol–water partition coefficient (Wildman–Crippen LogP) is 5.29. The number of carbonyl (C=O) groups excluding carboxylic acids is 2. The SMILES string of the molecule is Cc1nc2ccc(S(=O)(=O)N(CC(C)C)CC(O)C(Cc3ccccc3)NC(=O)C(NC(=O)CNC3(c4cccc(F)c4)CC3)C(C)(C)C)cc2s1. The van der Waals surface area contributed by atoms with Crippen molar-refractivity contribution in [3.05, 3.63) is 94.7 Å². The smallest absolute Gasteiger partial charge is 0.243 e. The number of hydrogen-bond acceptors (Lipinski definition) is 8.